The molecule has 2 aromatic heterocycles. The number of aromatic nitrogens is 4. The molecule has 0 aliphatic heterocycles. The average molecular weight is 499 g/mol. The van der Waals surface area contributed by atoms with Crippen molar-refractivity contribution < 1.29 is 14.3 Å². The van der Waals surface area contributed by atoms with Gasteiger partial charge in [-0.1, -0.05) is 30.3 Å². The first kappa shape index (κ1) is 23.7. The van der Waals surface area contributed by atoms with Gasteiger partial charge < -0.3 is 20.1 Å². The molecule has 0 aliphatic rings. The van der Waals surface area contributed by atoms with Gasteiger partial charge in [0.1, 0.15) is 22.3 Å². The molecule has 0 saturated carbocycles. The summed E-state index contributed by atoms with van der Waals surface area (Å²) in [7, 11) is 3.01. The molecule has 0 radical (unpaired) electrons. The van der Waals surface area contributed by atoms with Gasteiger partial charge in [-0.3, -0.25) is 0 Å². The van der Waals surface area contributed by atoms with Crippen molar-refractivity contribution in [1.82, 2.24) is 19.6 Å². The number of carbonyl (C=O) groups is 1. The van der Waals surface area contributed by atoms with Crippen LogP contribution in [0.15, 0.2) is 52.4 Å². The monoisotopic (exact) mass is 498 g/mol. The zero-order valence-corrected chi connectivity index (χ0v) is 20.6. The SMILES string of the molecule is CCc1cc(Sc2ccc(NC(=O)Nc3cc(Cl)c(OC)cc3OC)cc2)n2nc(C)nc2n1. The van der Waals surface area contributed by atoms with Crippen LogP contribution in [0.4, 0.5) is 16.2 Å². The number of urea groups is 1. The van der Waals surface area contributed by atoms with E-state index in [0.717, 1.165) is 22.0 Å². The van der Waals surface area contributed by atoms with Gasteiger partial charge in [0.2, 0.25) is 0 Å². The normalized spacial score (nSPS) is 10.9. The second-order valence-electron chi connectivity index (χ2n) is 7.20. The quantitative estimate of drug-likeness (QED) is 0.326. The fourth-order valence-electron chi connectivity index (χ4n) is 3.21. The van der Waals surface area contributed by atoms with Crippen molar-refractivity contribution in [2.45, 2.75) is 30.2 Å². The van der Waals surface area contributed by atoms with Crippen LogP contribution in [0.25, 0.3) is 5.78 Å². The van der Waals surface area contributed by atoms with Crippen molar-refractivity contribution in [3.63, 3.8) is 0 Å². The fraction of sp³-hybridized carbons (Fsp3) is 0.217. The highest BCUT2D eigenvalue weighted by atomic mass is 35.5. The first-order valence-electron chi connectivity index (χ1n) is 10.4. The molecule has 4 rings (SSSR count). The Hall–Kier alpha value is -3.50. The van der Waals surface area contributed by atoms with Crippen LogP contribution in [0.5, 0.6) is 11.5 Å². The lowest BCUT2D eigenvalue weighted by Crippen LogP contribution is -2.19. The van der Waals surface area contributed by atoms with E-state index in [9.17, 15) is 4.79 Å². The minimum Gasteiger partial charge on any atom is -0.495 e. The van der Waals surface area contributed by atoms with Gasteiger partial charge in [-0.2, -0.15) is 9.50 Å². The summed E-state index contributed by atoms with van der Waals surface area (Å²) >= 11 is 7.72. The second kappa shape index (κ2) is 10.2. The number of hydrogen-bond donors (Lipinski definition) is 2. The van der Waals surface area contributed by atoms with E-state index in [1.54, 1.807) is 28.4 Å². The summed E-state index contributed by atoms with van der Waals surface area (Å²) in [5, 5.41) is 11.3. The summed E-state index contributed by atoms with van der Waals surface area (Å²) in [5.41, 5.74) is 2.01. The summed E-state index contributed by atoms with van der Waals surface area (Å²) < 4.78 is 12.2. The third-order valence-electron chi connectivity index (χ3n) is 4.86. The topological polar surface area (TPSA) is 103 Å². The van der Waals surface area contributed by atoms with E-state index in [2.05, 4.69) is 32.6 Å². The van der Waals surface area contributed by atoms with E-state index in [1.807, 2.05) is 37.3 Å². The second-order valence-corrected chi connectivity index (χ2v) is 8.70. The van der Waals surface area contributed by atoms with Crippen LogP contribution in [-0.4, -0.2) is 39.8 Å². The van der Waals surface area contributed by atoms with Crippen molar-refractivity contribution in [2.75, 3.05) is 24.9 Å². The Kier molecular flexibility index (Phi) is 7.09. The summed E-state index contributed by atoms with van der Waals surface area (Å²) in [5.74, 6) is 2.14. The average Bonchev–Trinajstić information content (AvgIpc) is 3.20. The Labute approximate surface area is 205 Å². The molecule has 11 heteroatoms. The molecule has 2 N–H and O–H groups in total. The maximum atomic E-state index is 12.5. The molecule has 0 saturated heterocycles. The molecule has 2 heterocycles. The molecule has 0 fully saturated rings. The number of ether oxygens (including phenoxy) is 2. The summed E-state index contributed by atoms with van der Waals surface area (Å²) in [6, 6.07) is 12.3. The molecule has 176 valence electrons. The predicted molar refractivity (Wildman–Crippen MR) is 133 cm³/mol. The van der Waals surface area contributed by atoms with Crippen molar-refractivity contribution in [1.29, 1.82) is 0 Å². The minimum atomic E-state index is -0.429. The van der Waals surface area contributed by atoms with Gasteiger partial charge in [0.05, 0.1) is 24.9 Å². The van der Waals surface area contributed by atoms with Gasteiger partial charge in [0.25, 0.3) is 5.78 Å². The Morgan fingerprint density at radius 3 is 2.47 bits per heavy atom. The van der Waals surface area contributed by atoms with Gasteiger partial charge >= 0.3 is 6.03 Å². The Bertz CT molecular complexity index is 1340. The van der Waals surface area contributed by atoms with Gasteiger partial charge in [-0.25, -0.2) is 9.78 Å². The lowest BCUT2D eigenvalue weighted by atomic mass is 10.2. The maximum absolute atomic E-state index is 12.5. The maximum Gasteiger partial charge on any atom is 0.323 e. The molecule has 0 atom stereocenters. The van der Waals surface area contributed by atoms with Crippen LogP contribution < -0.4 is 20.1 Å². The number of anilines is 2. The van der Waals surface area contributed by atoms with Crippen LogP contribution in [0.3, 0.4) is 0 Å². The number of halogens is 1. The predicted octanol–water partition coefficient (Wildman–Crippen LogP) is 5.46. The van der Waals surface area contributed by atoms with E-state index in [1.165, 1.54) is 14.2 Å². The summed E-state index contributed by atoms with van der Waals surface area (Å²) in [4.78, 5) is 22.4. The molecular formula is C23H23ClN6O3S. The van der Waals surface area contributed by atoms with Crippen molar-refractivity contribution >= 4 is 46.5 Å². The largest absolute Gasteiger partial charge is 0.495 e. The summed E-state index contributed by atoms with van der Waals surface area (Å²) in [6.45, 7) is 3.90. The van der Waals surface area contributed by atoms with Gasteiger partial charge in [0, 0.05) is 22.3 Å². The number of carbonyl (C=O) groups excluding carboxylic acids is 1. The summed E-state index contributed by atoms with van der Waals surface area (Å²) in [6.07, 6.45) is 0.804. The van der Waals surface area contributed by atoms with Crippen LogP contribution in [-0.2, 0) is 6.42 Å². The highest BCUT2D eigenvalue weighted by Gasteiger charge is 2.14. The number of fused-ring (bicyclic) bond motifs is 1. The molecule has 0 bridgehead atoms. The Morgan fingerprint density at radius 2 is 1.79 bits per heavy atom. The van der Waals surface area contributed by atoms with E-state index in [4.69, 9.17) is 21.1 Å². The van der Waals surface area contributed by atoms with E-state index >= 15 is 0 Å². The zero-order chi connectivity index (χ0) is 24.2. The molecule has 2 amide bonds. The number of aryl methyl sites for hydroxylation is 2. The number of nitrogens with zero attached hydrogens (tertiary/aromatic N) is 4. The number of nitrogens with one attached hydrogen (secondary N) is 2. The first-order valence-corrected chi connectivity index (χ1v) is 11.6. The molecular weight excluding hydrogens is 476 g/mol. The number of methoxy groups -OCH3 is 2. The van der Waals surface area contributed by atoms with Crippen LogP contribution in [0.1, 0.15) is 18.4 Å². The van der Waals surface area contributed by atoms with Crippen molar-refractivity contribution in [3.8, 4) is 11.5 Å². The van der Waals surface area contributed by atoms with Gasteiger partial charge in [-0.15, -0.1) is 5.10 Å². The Morgan fingerprint density at radius 1 is 1.06 bits per heavy atom. The highest BCUT2D eigenvalue weighted by Crippen LogP contribution is 2.36. The molecule has 4 aromatic rings. The van der Waals surface area contributed by atoms with Crippen LogP contribution >= 0.6 is 23.4 Å². The smallest absolute Gasteiger partial charge is 0.323 e. The minimum absolute atomic E-state index is 0.360. The van der Waals surface area contributed by atoms with E-state index < -0.39 is 6.03 Å². The molecule has 0 unspecified atom stereocenters. The highest BCUT2D eigenvalue weighted by molar-refractivity contribution is 7.99. The van der Waals surface area contributed by atoms with Crippen molar-refractivity contribution in [3.05, 3.63) is 59.0 Å². The van der Waals surface area contributed by atoms with E-state index in [-0.39, 0.29) is 0 Å². The van der Waals surface area contributed by atoms with Crippen LogP contribution in [0, 0.1) is 6.92 Å². The van der Waals surface area contributed by atoms with Crippen LogP contribution in [0.2, 0.25) is 5.02 Å². The molecule has 0 aliphatic carbocycles. The third kappa shape index (κ3) is 5.18. The zero-order valence-electron chi connectivity index (χ0n) is 19.0. The first-order chi connectivity index (χ1) is 16.4. The lowest BCUT2D eigenvalue weighted by molar-refractivity contribution is 0.262. The lowest BCUT2D eigenvalue weighted by Gasteiger charge is -2.14. The molecule has 9 nitrogen and oxygen atoms in total. The van der Waals surface area contributed by atoms with E-state index in [0.29, 0.717) is 39.5 Å². The third-order valence-corrected chi connectivity index (χ3v) is 6.16. The number of amides is 2. The molecule has 0 spiro atoms. The number of rotatable bonds is 7. The van der Waals surface area contributed by atoms with Gasteiger partial charge in [-0.05, 0) is 49.7 Å². The van der Waals surface area contributed by atoms with Crippen molar-refractivity contribution in [2.24, 2.45) is 0 Å². The number of benzene rings is 2. The number of hydrogen-bond acceptors (Lipinski definition) is 7. The fourth-order valence-corrected chi connectivity index (χ4v) is 4.37. The Balaban J connectivity index is 1.46. The molecule has 34 heavy (non-hydrogen) atoms. The molecule has 2 aromatic carbocycles. The van der Waals surface area contributed by atoms with Gasteiger partial charge in [0.15, 0.2) is 0 Å². The standard InChI is InChI=1S/C23H23ClN6O3S/c1-5-14-10-21(30-22(26-14)25-13(2)29-30)34-16-8-6-15(7-9-16)27-23(31)28-18-11-17(24)19(32-3)12-20(18)33-4/h6-12H,5H2,1-4H3,(H2,27,28,31).